The number of nitrogens with zero attached hydrogens (tertiary/aromatic N) is 2. The van der Waals surface area contributed by atoms with Gasteiger partial charge in [-0.2, -0.15) is 0 Å². The molecule has 4 nitrogen and oxygen atoms in total. The highest BCUT2D eigenvalue weighted by Crippen LogP contribution is 2.29. The second kappa shape index (κ2) is 3.34. The van der Waals surface area contributed by atoms with E-state index in [0.717, 1.165) is 0 Å². The molecule has 0 spiro atoms. The molecule has 1 aromatic heterocycles. The van der Waals surface area contributed by atoms with Crippen molar-refractivity contribution in [3.63, 3.8) is 0 Å². The molecule has 1 amide bonds. The molecule has 1 aromatic carbocycles. The number of para-hydroxylation sites is 1. The number of benzene rings is 1. The number of aromatic nitrogens is 1. The van der Waals surface area contributed by atoms with Crippen LogP contribution in [0, 0.1) is 0 Å². The fraction of sp³-hybridized carbons (Fsp3) is 0. The third kappa shape index (κ3) is 1.32. The van der Waals surface area contributed by atoms with Crippen molar-refractivity contribution in [3.05, 3.63) is 48.2 Å². The number of amides is 1. The molecule has 1 radical (unpaired) electrons. The van der Waals surface area contributed by atoms with Crippen molar-refractivity contribution in [2.45, 2.75) is 0 Å². The van der Waals surface area contributed by atoms with Crippen LogP contribution in [0.2, 0.25) is 0 Å². The largest absolute Gasteiger partial charge is 0.319 e. The molecule has 3 rings (SSSR count). The van der Waals surface area contributed by atoms with Crippen LogP contribution in [-0.2, 0) is 0 Å². The quantitative estimate of drug-likeness (QED) is 0.724. The summed E-state index contributed by atoms with van der Waals surface area (Å²) in [7, 11) is 0. The topological polar surface area (TPSA) is 56.1 Å². The highest BCUT2D eigenvalue weighted by molar-refractivity contribution is 6.10. The van der Waals surface area contributed by atoms with Gasteiger partial charge in [0.25, 0.3) is 5.91 Å². The zero-order chi connectivity index (χ0) is 11.0. The molecule has 1 aliphatic rings. The summed E-state index contributed by atoms with van der Waals surface area (Å²) < 4.78 is 0. The Labute approximate surface area is 92.3 Å². The van der Waals surface area contributed by atoms with Gasteiger partial charge in [-0.25, -0.2) is 10.3 Å². The van der Waals surface area contributed by atoms with Gasteiger partial charge < -0.3 is 5.32 Å². The maximum absolute atomic E-state index is 11.9. The fourth-order valence-corrected chi connectivity index (χ4v) is 1.65. The lowest BCUT2D eigenvalue weighted by Gasteiger charge is -2.02. The predicted molar refractivity (Wildman–Crippen MR) is 60.1 cm³/mol. The van der Waals surface area contributed by atoms with Crippen molar-refractivity contribution in [1.82, 2.24) is 10.3 Å². The molecule has 0 saturated carbocycles. The first-order chi connectivity index (χ1) is 7.84. The summed E-state index contributed by atoms with van der Waals surface area (Å²) in [6.45, 7) is 0. The maximum Gasteiger partial charge on any atom is 0.257 e. The molecule has 0 aliphatic carbocycles. The van der Waals surface area contributed by atoms with E-state index in [2.05, 4.69) is 15.6 Å². The molecular formula is C12H8N3O. The minimum absolute atomic E-state index is 0.147. The van der Waals surface area contributed by atoms with E-state index in [1.54, 1.807) is 30.5 Å². The average Bonchev–Trinajstić information content (AvgIpc) is 2.45. The van der Waals surface area contributed by atoms with E-state index in [-0.39, 0.29) is 5.91 Å². The summed E-state index contributed by atoms with van der Waals surface area (Å²) in [5.41, 5.74) is 1.86. The minimum Gasteiger partial charge on any atom is -0.319 e. The van der Waals surface area contributed by atoms with Crippen LogP contribution >= 0.6 is 0 Å². The van der Waals surface area contributed by atoms with E-state index in [0.29, 0.717) is 22.8 Å². The molecule has 16 heavy (non-hydrogen) atoms. The molecule has 77 valence electrons. The molecule has 0 saturated heterocycles. The first-order valence-electron chi connectivity index (χ1n) is 4.92. The van der Waals surface area contributed by atoms with Crippen LogP contribution in [0.15, 0.2) is 42.6 Å². The Bertz CT molecular complexity index is 566. The number of hydrogen-bond donors (Lipinski definition) is 1. The van der Waals surface area contributed by atoms with Crippen molar-refractivity contribution >= 4 is 23.1 Å². The summed E-state index contributed by atoms with van der Waals surface area (Å²) in [4.78, 5) is 16.0. The van der Waals surface area contributed by atoms with E-state index in [4.69, 9.17) is 0 Å². The first-order valence-corrected chi connectivity index (χ1v) is 4.92. The van der Waals surface area contributed by atoms with Crippen LogP contribution in [0.5, 0.6) is 0 Å². The van der Waals surface area contributed by atoms with Gasteiger partial charge in [0, 0.05) is 6.20 Å². The molecule has 2 aromatic rings. The summed E-state index contributed by atoms with van der Waals surface area (Å²) in [6.07, 6.45) is 1.66. The summed E-state index contributed by atoms with van der Waals surface area (Å²) in [5, 5.41) is 7.14. The fourth-order valence-electron chi connectivity index (χ4n) is 1.65. The predicted octanol–water partition coefficient (Wildman–Crippen LogP) is 2.21. The number of carbonyl (C=O) groups excluding carboxylic acids is 1. The molecule has 0 unspecified atom stereocenters. The highest BCUT2D eigenvalue weighted by atomic mass is 16.1. The molecule has 1 aliphatic heterocycles. The Morgan fingerprint density at radius 3 is 2.88 bits per heavy atom. The maximum atomic E-state index is 11.9. The van der Waals surface area contributed by atoms with Crippen LogP contribution in [0.4, 0.5) is 17.2 Å². The van der Waals surface area contributed by atoms with Gasteiger partial charge in [0.1, 0.15) is 0 Å². The van der Waals surface area contributed by atoms with Crippen molar-refractivity contribution < 1.29 is 4.79 Å². The molecule has 1 N–H and O–H groups in total. The van der Waals surface area contributed by atoms with Crippen LogP contribution < -0.4 is 10.6 Å². The van der Waals surface area contributed by atoms with Crippen LogP contribution in [0.25, 0.3) is 0 Å². The monoisotopic (exact) mass is 210 g/mol. The Balaban J connectivity index is 2.18. The van der Waals surface area contributed by atoms with Gasteiger partial charge in [0.15, 0.2) is 5.82 Å². The molecule has 0 fully saturated rings. The molecule has 4 heteroatoms. The van der Waals surface area contributed by atoms with Crippen molar-refractivity contribution in [3.8, 4) is 0 Å². The third-order valence-corrected chi connectivity index (χ3v) is 2.41. The van der Waals surface area contributed by atoms with Crippen molar-refractivity contribution in [1.29, 1.82) is 0 Å². The minimum atomic E-state index is -0.147. The zero-order valence-electron chi connectivity index (χ0n) is 8.34. The van der Waals surface area contributed by atoms with Crippen molar-refractivity contribution in [2.24, 2.45) is 0 Å². The summed E-state index contributed by atoms with van der Waals surface area (Å²) >= 11 is 0. The number of carbonyl (C=O) groups is 1. The number of hydrogen-bond acceptors (Lipinski definition) is 2. The lowest BCUT2D eigenvalue weighted by atomic mass is 10.1. The second-order valence-electron chi connectivity index (χ2n) is 3.46. The Hall–Kier alpha value is -2.36. The standard InChI is InChI=1S/C12H8N3O/c16-12-8-4-1-2-5-9(8)14-11-10(15-12)6-3-7-13-11/h1-7H,(H,15,16). The number of anilines is 1. The number of nitrogens with one attached hydrogen (secondary N) is 1. The van der Waals surface area contributed by atoms with Crippen molar-refractivity contribution in [2.75, 3.05) is 5.32 Å². The first kappa shape index (κ1) is 8.91. The van der Waals surface area contributed by atoms with Crippen LogP contribution in [0.1, 0.15) is 10.4 Å². The van der Waals surface area contributed by atoms with Gasteiger partial charge in [-0.05, 0) is 24.3 Å². The van der Waals surface area contributed by atoms with Gasteiger partial charge >= 0.3 is 0 Å². The summed E-state index contributed by atoms with van der Waals surface area (Å²) in [5.74, 6) is 0.395. The lowest BCUT2D eigenvalue weighted by Crippen LogP contribution is -2.10. The van der Waals surface area contributed by atoms with Crippen LogP contribution in [-0.4, -0.2) is 10.9 Å². The molecular weight excluding hydrogens is 202 g/mol. The highest BCUT2D eigenvalue weighted by Gasteiger charge is 2.19. The van der Waals surface area contributed by atoms with E-state index in [9.17, 15) is 4.79 Å². The molecule has 2 heterocycles. The number of fused-ring (bicyclic) bond motifs is 2. The number of pyridine rings is 1. The Morgan fingerprint density at radius 1 is 1.06 bits per heavy atom. The number of rotatable bonds is 0. The van der Waals surface area contributed by atoms with Crippen LogP contribution in [0.3, 0.4) is 0 Å². The third-order valence-electron chi connectivity index (χ3n) is 2.41. The smallest absolute Gasteiger partial charge is 0.257 e. The summed E-state index contributed by atoms with van der Waals surface area (Å²) in [6, 6.07) is 10.8. The van der Waals surface area contributed by atoms with E-state index >= 15 is 0 Å². The van der Waals surface area contributed by atoms with E-state index in [1.165, 1.54) is 0 Å². The molecule has 0 atom stereocenters. The average molecular weight is 210 g/mol. The van der Waals surface area contributed by atoms with Gasteiger partial charge in [0.05, 0.1) is 16.9 Å². The Morgan fingerprint density at radius 2 is 1.94 bits per heavy atom. The van der Waals surface area contributed by atoms with E-state index in [1.807, 2.05) is 12.1 Å². The SMILES string of the molecule is O=C1Nc2cccnc2[N]c2ccccc21. The van der Waals surface area contributed by atoms with Gasteiger partial charge in [-0.3, -0.25) is 4.79 Å². The van der Waals surface area contributed by atoms with Gasteiger partial charge in [-0.15, -0.1) is 0 Å². The van der Waals surface area contributed by atoms with E-state index < -0.39 is 0 Å². The molecule has 0 bridgehead atoms. The Kier molecular flexibility index (Phi) is 1.86. The normalized spacial score (nSPS) is 12.9. The van der Waals surface area contributed by atoms with Gasteiger partial charge in [-0.1, -0.05) is 12.1 Å². The van der Waals surface area contributed by atoms with Gasteiger partial charge in [0.2, 0.25) is 0 Å². The lowest BCUT2D eigenvalue weighted by molar-refractivity contribution is 0.102. The second-order valence-corrected chi connectivity index (χ2v) is 3.46. The zero-order valence-corrected chi connectivity index (χ0v) is 8.34.